The van der Waals surface area contributed by atoms with Crippen LogP contribution in [0.25, 0.3) is 10.8 Å². The Kier molecular flexibility index (Phi) is 3.24. The summed E-state index contributed by atoms with van der Waals surface area (Å²) in [5, 5.41) is 21.7. The maximum Gasteiger partial charge on any atom is 0.314 e. The average Bonchev–Trinajstić information content (AvgIpc) is 2.98. The van der Waals surface area contributed by atoms with E-state index in [4.69, 9.17) is 4.74 Å². The van der Waals surface area contributed by atoms with Gasteiger partial charge in [0.2, 0.25) is 0 Å². The zero-order chi connectivity index (χ0) is 15.0. The van der Waals surface area contributed by atoms with E-state index in [1.807, 2.05) is 12.1 Å². The number of fused-ring (bicyclic) bond motifs is 1. The largest absolute Gasteiger partial charge is 0.507 e. The van der Waals surface area contributed by atoms with Gasteiger partial charge in [-0.05, 0) is 18.9 Å². The summed E-state index contributed by atoms with van der Waals surface area (Å²) in [6, 6.07) is 8.99. The van der Waals surface area contributed by atoms with Crippen LogP contribution >= 0.6 is 0 Å². The lowest BCUT2D eigenvalue weighted by atomic mass is 9.77. The standard InChI is InChI=1S/C17H18O4/c1-21-14-6-4-5-12-11(14)7-8-13(15(12)18)17(16(19)20)9-2-3-10-17/h4-8,18H,2-3,9-10H2,1H3,(H,19,20). The topological polar surface area (TPSA) is 66.8 Å². The molecule has 0 aliphatic heterocycles. The molecule has 0 amide bonds. The quantitative estimate of drug-likeness (QED) is 0.907. The zero-order valence-electron chi connectivity index (χ0n) is 11.9. The van der Waals surface area contributed by atoms with Crippen molar-refractivity contribution in [3.8, 4) is 11.5 Å². The highest BCUT2D eigenvalue weighted by Crippen LogP contribution is 2.47. The number of carboxylic acid groups (broad SMARTS) is 1. The summed E-state index contributed by atoms with van der Waals surface area (Å²) >= 11 is 0. The number of methoxy groups -OCH3 is 1. The minimum Gasteiger partial charge on any atom is -0.507 e. The van der Waals surface area contributed by atoms with Crippen molar-refractivity contribution in [1.82, 2.24) is 0 Å². The van der Waals surface area contributed by atoms with Crippen molar-refractivity contribution in [3.05, 3.63) is 35.9 Å². The van der Waals surface area contributed by atoms with Gasteiger partial charge in [0.1, 0.15) is 11.5 Å². The fourth-order valence-electron chi connectivity index (χ4n) is 3.45. The van der Waals surface area contributed by atoms with Crippen molar-refractivity contribution in [3.63, 3.8) is 0 Å². The van der Waals surface area contributed by atoms with E-state index < -0.39 is 11.4 Å². The van der Waals surface area contributed by atoms with E-state index in [0.29, 0.717) is 29.5 Å². The maximum atomic E-state index is 11.8. The van der Waals surface area contributed by atoms with Gasteiger partial charge in [0.05, 0.1) is 12.5 Å². The Balaban J connectivity index is 2.25. The van der Waals surface area contributed by atoms with Gasteiger partial charge >= 0.3 is 5.97 Å². The molecule has 1 aliphatic rings. The van der Waals surface area contributed by atoms with E-state index in [9.17, 15) is 15.0 Å². The maximum absolute atomic E-state index is 11.8. The molecule has 0 unspecified atom stereocenters. The molecule has 1 aliphatic carbocycles. The normalized spacial score (nSPS) is 17.0. The van der Waals surface area contributed by atoms with Gasteiger partial charge in [0.15, 0.2) is 0 Å². The second-order valence-corrected chi connectivity index (χ2v) is 5.61. The number of aliphatic carboxylic acids is 1. The van der Waals surface area contributed by atoms with Crippen LogP contribution in [-0.4, -0.2) is 23.3 Å². The van der Waals surface area contributed by atoms with Gasteiger partial charge in [-0.3, -0.25) is 4.79 Å². The van der Waals surface area contributed by atoms with Crippen LogP contribution in [0.3, 0.4) is 0 Å². The molecule has 0 radical (unpaired) electrons. The van der Waals surface area contributed by atoms with Crippen LogP contribution < -0.4 is 4.74 Å². The van der Waals surface area contributed by atoms with Crippen molar-refractivity contribution in [2.24, 2.45) is 0 Å². The Hall–Kier alpha value is -2.23. The van der Waals surface area contributed by atoms with Crippen LogP contribution in [-0.2, 0) is 10.2 Å². The third-order valence-electron chi connectivity index (χ3n) is 4.60. The van der Waals surface area contributed by atoms with Gasteiger partial charge in [-0.1, -0.05) is 37.1 Å². The first-order chi connectivity index (χ1) is 10.1. The summed E-state index contributed by atoms with van der Waals surface area (Å²) in [6.07, 6.45) is 2.90. The molecule has 110 valence electrons. The summed E-state index contributed by atoms with van der Waals surface area (Å²) in [5.74, 6) is -0.113. The molecule has 0 heterocycles. The highest BCUT2D eigenvalue weighted by atomic mass is 16.5. The summed E-state index contributed by atoms with van der Waals surface area (Å²) in [7, 11) is 1.58. The summed E-state index contributed by atoms with van der Waals surface area (Å²) in [5.41, 5.74) is -0.435. The van der Waals surface area contributed by atoms with Gasteiger partial charge in [0, 0.05) is 16.3 Å². The first kappa shape index (κ1) is 13.7. The number of rotatable bonds is 3. The van der Waals surface area contributed by atoms with Crippen molar-refractivity contribution in [1.29, 1.82) is 0 Å². The predicted molar refractivity (Wildman–Crippen MR) is 79.9 cm³/mol. The van der Waals surface area contributed by atoms with E-state index in [0.717, 1.165) is 18.2 Å². The van der Waals surface area contributed by atoms with Crippen LogP contribution in [0.2, 0.25) is 0 Å². The second kappa shape index (κ2) is 4.95. The third-order valence-corrected chi connectivity index (χ3v) is 4.60. The number of phenolic OH excluding ortho intramolecular Hbond substituents is 1. The molecular weight excluding hydrogens is 268 g/mol. The van der Waals surface area contributed by atoms with E-state index in [2.05, 4.69) is 0 Å². The summed E-state index contributed by atoms with van der Waals surface area (Å²) < 4.78 is 5.29. The first-order valence-electron chi connectivity index (χ1n) is 7.13. The Morgan fingerprint density at radius 3 is 2.48 bits per heavy atom. The molecule has 1 fully saturated rings. The molecule has 3 rings (SSSR count). The van der Waals surface area contributed by atoms with E-state index >= 15 is 0 Å². The second-order valence-electron chi connectivity index (χ2n) is 5.61. The van der Waals surface area contributed by atoms with Gasteiger partial charge in [-0.25, -0.2) is 0 Å². The predicted octanol–water partition coefficient (Wildman–Crippen LogP) is 3.45. The Bertz CT molecular complexity index is 699. The monoisotopic (exact) mass is 286 g/mol. The van der Waals surface area contributed by atoms with Crippen molar-refractivity contribution < 1.29 is 19.7 Å². The van der Waals surface area contributed by atoms with Crippen LogP contribution in [0.1, 0.15) is 31.2 Å². The molecule has 2 aromatic carbocycles. The minimum atomic E-state index is -0.957. The van der Waals surface area contributed by atoms with Crippen molar-refractivity contribution in [2.45, 2.75) is 31.1 Å². The van der Waals surface area contributed by atoms with Crippen molar-refractivity contribution >= 4 is 16.7 Å². The third kappa shape index (κ3) is 1.94. The number of phenols is 1. The van der Waals surface area contributed by atoms with Crippen LogP contribution in [0, 0.1) is 0 Å². The molecule has 0 saturated heterocycles. The molecular formula is C17H18O4. The number of hydrogen-bond donors (Lipinski definition) is 2. The number of aromatic hydroxyl groups is 1. The van der Waals surface area contributed by atoms with Crippen LogP contribution in [0.4, 0.5) is 0 Å². The number of carboxylic acids is 1. The zero-order valence-corrected chi connectivity index (χ0v) is 11.9. The Labute approximate surface area is 123 Å². The molecule has 2 aromatic rings. The van der Waals surface area contributed by atoms with Crippen LogP contribution in [0.5, 0.6) is 11.5 Å². The molecule has 2 N–H and O–H groups in total. The molecule has 0 spiro atoms. The number of benzene rings is 2. The molecule has 0 bridgehead atoms. The van der Waals surface area contributed by atoms with Gasteiger partial charge in [0.25, 0.3) is 0 Å². The minimum absolute atomic E-state index is 0.0655. The number of hydrogen-bond acceptors (Lipinski definition) is 3. The van der Waals surface area contributed by atoms with Crippen molar-refractivity contribution in [2.75, 3.05) is 7.11 Å². The van der Waals surface area contributed by atoms with E-state index in [-0.39, 0.29) is 5.75 Å². The van der Waals surface area contributed by atoms with Gasteiger partial charge in [-0.15, -0.1) is 0 Å². The number of carbonyl (C=O) groups is 1. The lowest BCUT2D eigenvalue weighted by molar-refractivity contribution is -0.143. The lowest BCUT2D eigenvalue weighted by Gasteiger charge is -2.26. The van der Waals surface area contributed by atoms with E-state index in [1.54, 1.807) is 25.3 Å². The van der Waals surface area contributed by atoms with Crippen LogP contribution in [0.15, 0.2) is 30.3 Å². The fourth-order valence-corrected chi connectivity index (χ4v) is 3.45. The molecule has 0 atom stereocenters. The molecule has 21 heavy (non-hydrogen) atoms. The van der Waals surface area contributed by atoms with Gasteiger partial charge in [-0.2, -0.15) is 0 Å². The molecule has 0 aromatic heterocycles. The van der Waals surface area contributed by atoms with E-state index in [1.165, 1.54) is 0 Å². The molecule has 4 heteroatoms. The highest BCUT2D eigenvalue weighted by molar-refractivity contribution is 5.96. The highest BCUT2D eigenvalue weighted by Gasteiger charge is 2.44. The Morgan fingerprint density at radius 1 is 1.14 bits per heavy atom. The first-order valence-corrected chi connectivity index (χ1v) is 7.13. The Morgan fingerprint density at radius 2 is 1.86 bits per heavy atom. The average molecular weight is 286 g/mol. The fraction of sp³-hybridized carbons (Fsp3) is 0.353. The summed E-state index contributed by atoms with van der Waals surface area (Å²) in [4.78, 5) is 11.8. The smallest absolute Gasteiger partial charge is 0.314 e. The molecule has 4 nitrogen and oxygen atoms in total. The number of ether oxygens (including phenoxy) is 1. The summed E-state index contributed by atoms with van der Waals surface area (Å²) in [6.45, 7) is 0. The molecule has 1 saturated carbocycles. The van der Waals surface area contributed by atoms with Gasteiger partial charge < -0.3 is 14.9 Å². The SMILES string of the molecule is COc1cccc2c(O)c(C3(C(=O)O)CCCC3)ccc12. The lowest BCUT2D eigenvalue weighted by Crippen LogP contribution is -2.32.